The lowest BCUT2D eigenvalue weighted by Gasteiger charge is -2.03. The highest BCUT2D eigenvalue weighted by Gasteiger charge is 2.02. The molecule has 1 rings (SSSR count). The summed E-state index contributed by atoms with van der Waals surface area (Å²) in [5, 5.41) is 9.40. The Morgan fingerprint density at radius 2 is 2.31 bits per heavy atom. The molecule has 0 spiro atoms. The molecule has 0 heterocycles. The Bertz CT molecular complexity index is 299. The summed E-state index contributed by atoms with van der Waals surface area (Å²) in [7, 11) is 0. The standard InChI is InChI=1S/C9H9BrO3/c10-4-5-13-8-3-1-2-7(6-8)9(11)12/h1-3,6H,4-5H2,(H,11,12). The molecule has 0 aliphatic heterocycles. The molecule has 13 heavy (non-hydrogen) atoms. The van der Waals surface area contributed by atoms with E-state index in [2.05, 4.69) is 15.9 Å². The fourth-order valence-corrected chi connectivity index (χ4v) is 1.04. The van der Waals surface area contributed by atoms with E-state index < -0.39 is 5.97 Å². The summed E-state index contributed by atoms with van der Waals surface area (Å²) < 4.78 is 5.24. The molecule has 0 unspecified atom stereocenters. The van der Waals surface area contributed by atoms with Crippen molar-refractivity contribution in [3.05, 3.63) is 29.8 Å². The number of aromatic carboxylic acids is 1. The molecule has 3 nitrogen and oxygen atoms in total. The fourth-order valence-electron chi connectivity index (χ4n) is 0.875. The van der Waals surface area contributed by atoms with Crippen molar-refractivity contribution in [2.45, 2.75) is 0 Å². The Kier molecular flexibility index (Phi) is 3.76. The van der Waals surface area contributed by atoms with Gasteiger partial charge in [-0.25, -0.2) is 4.79 Å². The summed E-state index contributed by atoms with van der Waals surface area (Å²) in [6.45, 7) is 0.531. The van der Waals surface area contributed by atoms with Crippen LogP contribution in [-0.4, -0.2) is 23.0 Å². The molecule has 0 bridgehead atoms. The number of hydrogen-bond donors (Lipinski definition) is 1. The molecule has 0 saturated heterocycles. The fraction of sp³-hybridized carbons (Fsp3) is 0.222. The van der Waals surface area contributed by atoms with Crippen LogP contribution in [0.5, 0.6) is 5.75 Å². The van der Waals surface area contributed by atoms with Gasteiger partial charge in [-0.1, -0.05) is 22.0 Å². The number of benzene rings is 1. The van der Waals surface area contributed by atoms with Crippen LogP contribution in [0, 0.1) is 0 Å². The van der Waals surface area contributed by atoms with E-state index in [1.165, 1.54) is 12.1 Å². The molecule has 0 aliphatic carbocycles. The second-order valence-electron chi connectivity index (χ2n) is 2.37. The van der Waals surface area contributed by atoms with Crippen LogP contribution < -0.4 is 4.74 Å². The van der Waals surface area contributed by atoms with E-state index >= 15 is 0 Å². The van der Waals surface area contributed by atoms with Gasteiger partial charge in [0.15, 0.2) is 0 Å². The number of hydrogen-bond acceptors (Lipinski definition) is 2. The van der Waals surface area contributed by atoms with E-state index in [0.717, 1.165) is 5.33 Å². The van der Waals surface area contributed by atoms with Gasteiger partial charge in [-0.05, 0) is 18.2 Å². The van der Waals surface area contributed by atoms with Gasteiger partial charge in [-0.15, -0.1) is 0 Å². The molecule has 0 saturated carbocycles. The number of rotatable bonds is 4. The largest absolute Gasteiger partial charge is 0.493 e. The van der Waals surface area contributed by atoms with Crippen molar-refractivity contribution >= 4 is 21.9 Å². The average Bonchev–Trinajstić information content (AvgIpc) is 2.15. The minimum Gasteiger partial charge on any atom is -0.493 e. The number of carbonyl (C=O) groups is 1. The first kappa shape index (κ1) is 10.1. The molecule has 4 heteroatoms. The Morgan fingerprint density at radius 3 is 2.92 bits per heavy atom. The van der Waals surface area contributed by atoms with Gasteiger partial charge in [0.25, 0.3) is 0 Å². The van der Waals surface area contributed by atoms with Crippen molar-refractivity contribution in [1.29, 1.82) is 0 Å². The zero-order valence-corrected chi connectivity index (χ0v) is 8.45. The maximum atomic E-state index is 10.6. The average molecular weight is 245 g/mol. The van der Waals surface area contributed by atoms with Crippen LogP contribution in [0.3, 0.4) is 0 Å². The van der Waals surface area contributed by atoms with Crippen molar-refractivity contribution in [1.82, 2.24) is 0 Å². The predicted octanol–water partition coefficient (Wildman–Crippen LogP) is 2.16. The maximum Gasteiger partial charge on any atom is 0.335 e. The third-order valence-corrected chi connectivity index (χ3v) is 1.75. The van der Waals surface area contributed by atoms with Crippen LogP contribution in [0.1, 0.15) is 10.4 Å². The van der Waals surface area contributed by atoms with E-state index in [1.54, 1.807) is 12.1 Å². The molecular formula is C9H9BrO3. The molecule has 0 fully saturated rings. The summed E-state index contributed by atoms with van der Waals surface area (Å²) in [6, 6.07) is 6.43. The monoisotopic (exact) mass is 244 g/mol. The van der Waals surface area contributed by atoms with Gasteiger partial charge in [0.1, 0.15) is 5.75 Å². The molecule has 1 aromatic carbocycles. The minimum absolute atomic E-state index is 0.243. The van der Waals surface area contributed by atoms with Gasteiger partial charge in [0.2, 0.25) is 0 Å². The summed E-state index contributed by atoms with van der Waals surface area (Å²) in [6.07, 6.45) is 0. The van der Waals surface area contributed by atoms with Crippen LogP contribution in [0.4, 0.5) is 0 Å². The first-order valence-electron chi connectivity index (χ1n) is 3.76. The van der Waals surface area contributed by atoms with Crippen molar-refractivity contribution in [2.75, 3.05) is 11.9 Å². The molecular weight excluding hydrogens is 236 g/mol. The highest BCUT2D eigenvalue weighted by molar-refractivity contribution is 9.09. The van der Waals surface area contributed by atoms with Gasteiger partial charge < -0.3 is 9.84 Å². The van der Waals surface area contributed by atoms with Crippen LogP contribution in [0.25, 0.3) is 0 Å². The zero-order valence-electron chi connectivity index (χ0n) is 6.87. The summed E-state index contributed by atoms with van der Waals surface area (Å²) >= 11 is 3.21. The second kappa shape index (κ2) is 4.87. The van der Waals surface area contributed by atoms with Gasteiger partial charge in [0, 0.05) is 5.33 Å². The number of carboxylic acids is 1. The molecule has 0 radical (unpaired) electrons. The third kappa shape index (κ3) is 3.06. The van der Waals surface area contributed by atoms with Crippen LogP contribution in [-0.2, 0) is 0 Å². The lowest BCUT2D eigenvalue weighted by atomic mass is 10.2. The molecule has 0 atom stereocenters. The zero-order chi connectivity index (χ0) is 9.68. The van der Waals surface area contributed by atoms with Crippen molar-refractivity contribution < 1.29 is 14.6 Å². The number of ether oxygens (including phenoxy) is 1. The Balaban J connectivity index is 2.73. The first-order chi connectivity index (χ1) is 6.24. The number of halogens is 1. The quantitative estimate of drug-likeness (QED) is 0.826. The molecule has 1 aromatic rings. The summed E-state index contributed by atoms with van der Waals surface area (Å²) in [5.41, 5.74) is 0.243. The van der Waals surface area contributed by atoms with Gasteiger partial charge in [0.05, 0.1) is 12.2 Å². The lowest BCUT2D eigenvalue weighted by Crippen LogP contribution is -2.00. The third-order valence-electron chi connectivity index (χ3n) is 1.43. The molecule has 1 N–H and O–H groups in total. The number of alkyl halides is 1. The van der Waals surface area contributed by atoms with Crippen LogP contribution in [0.2, 0.25) is 0 Å². The predicted molar refractivity (Wildman–Crippen MR) is 52.7 cm³/mol. The van der Waals surface area contributed by atoms with E-state index in [1.807, 2.05) is 0 Å². The minimum atomic E-state index is -0.940. The van der Waals surface area contributed by atoms with Gasteiger partial charge >= 0.3 is 5.97 Å². The first-order valence-corrected chi connectivity index (χ1v) is 4.88. The van der Waals surface area contributed by atoms with Crippen molar-refractivity contribution in [3.63, 3.8) is 0 Å². The Labute approximate surface area is 84.5 Å². The highest BCUT2D eigenvalue weighted by Crippen LogP contribution is 2.13. The van der Waals surface area contributed by atoms with E-state index in [-0.39, 0.29) is 5.56 Å². The summed E-state index contributed by atoms with van der Waals surface area (Å²) in [4.78, 5) is 10.6. The van der Waals surface area contributed by atoms with Gasteiger partial charge in [-0.2, -0.15) is 0 Å². The summed E-state index contributed by atoms with van der Waals surface area (Å²) in [5.74, 6) is -0.358. The smallest absolute Gasteiger partial charge is 0.335 e. The van der Waals surface area contributed by atoms with E-state index in [9.17, 15) is 4.79 Å². The molecule has 70 valence electrons. The second-order valence-corrected chi connectivity index (χ2v) is 3.16. The Morgan fingerprint density at radius 1 is 1.54 bits per heavy atom. The van der Waals surface area contributed by atoms with E-state index in [4.69, 9.17) is 9.84 Å². The molecule has 0 amide bonds. The van der Waals surface area contributed by atoms with Gasteiger partial charge in [-0.3, -0.25) is 0 Å². The van der Waals surface area contributed by atoms with Crippen LogP contribution in [0.15, 0.2) is 24.3 Å². The highest BCUT2D eigenvalue weighted by atomic mass is 79.9. The molecule has 0 aliphatic rings. The molecule has 0 aromatic heterocycles. The maximum absolute atomic E-state index is 10.6. The van der Waals surface area contributed by atoms with Crippen molar-refractivity contribution in [3.8, 4) is 5.75 Å². The Hall–Kier alpha value is -1.03. The normalized spacial score (nSPS) is 9.62. The number of carboxylic acid groups (broad SMARTS) is 1. The van der Waals surface area contributed by atoms with Crippen molar-refractivity contribution in [2.24, 2.45) is 0 Å². The topological polar surface area (TPSA) is 46.5 Å². The lowest BCUT2D eigenvalue weighted by molar-refractivity contribution is 0.0696. The SMILES string of the molecule is O=C(O)c1cccc(OCCBr)c1. The van der Waals surface area contributed by atoms with E-state index in [0.29, 0.717) is 12.4 Å². The van der Waals surface area contributed by atoms with Crippen LogP contribution >= 0.6 is 15.9 Å².